The number of urea groups is 1. The summed E-state index contributed by atoms with van der Waals surface area (Å²) in [6.07, 6.45) is 0. The number of carbonyl (C=O) groups excluding carboxylic acids is 1. The average Bonchev–Trinajstić information content (AvgIpc) is 2.30. The van der Waals surface area contributed by atoms with E-state index in [-0.39, 0.29) is 6.03 Å². The molecule has 3 nitrogen and oxygen atoms in total. The summed E-state index contributed by atoms with van der Waals surface area (Å²) in [5.41, 5.74) is 2.02. The van der Waals surface area contributed by atoms with Crippen LogP contribution in [0.5, 0.6) is 0 Å². The average molecular weight is 224 g/mol. The second-order valence-corrected chi connectivity index (χ2v) is 3.57. The minimum atomic E-state index is -0.290. The highest BCUT2D eigenvalue weighted by Gasteiger charge is 2.01. The molecule has 3 heteroatoms. The van der Waals surface area contributed by atoms with Crippen LogP contribution >= 0.6 is 0 Å². The van der Waals surface area contributed by atoms with Crippen LogP contribution in [0.15, 0.2) is 54.6 Å². The lowest BCUT2D eigenvalue weighted by molar-refractivity contribution is 0.262. The van der Waals surface area contributed by atoms with E-state index in [4.69, 9.17) is 6.92 Å². The lowest BCUT2D eigenvalue weighted by Gasteiger charge is -2.07. The van der Waals surface area contributed by atoms with Crippen molar-refractivity contribution in [3.8, 4) is 0 Å². The first-order chi connectivity index (χ1) is 8.24. The van der Waals surface area contributed by atoms with E-state index in [1.54, 1.807) is 24.3 Å². The van der Waals surface area contributed by atoms with Crippen LogP contribution in [-0.2, 0) is 0 Å². The zero-order valence-electron chi connectivity index (χ0n) is 9.18. The van der Waals surface area contributed by atoms with Gasteiger partial charge in [0.25, 0.3) is 0 Å². The molecule has 0 bridgehead atoms. The van der Waals surface area contributed by atoms with Gasteiger partial charge >= 0.3 is 6.03 Å². The number of benzene rings is 2. The van der Waals surface area contributed by atoms with E-state index in [1.165, 1.54) is 0 Å². The van der Waals surface area contributed by atoms with Crippen LogP contribution in [0.3, 0.4) is 0 Å². The number of amides is 2. The summed E-state index contributed by atoms with van der Waals surface area (Å²) in [6, 6.07) is 16.0. The molecule has 2 radical (unpaired) electrons. The highest BCUT2D eigenvalue weighted by molar-refractivity contribution is 5.99. The normalized spacial score (nSPS) is 9.71. The van der Waals surface area contributed by atoms with Crippen LogP contribution in [0.25, 0.3) is 0 Å². The molecule has 84 valence electrons. The Labute approximate surface area is 100 Å². The maximum Gasteiger partial charge on any atom is 0.323 e. The molecule has 0 unspecified atom stereocenters. The molecular weight excluding hydrogens is 212 g/mol. The molecule has 2 rings (SSSR count). The SMILES string of the molecule is [CH]c1cccc(NC(=O)Nc2ccccc2)c1. The third-order valence-corrected chi connectivity index (χ3v) is 2.18. The van der Waals surface area contributed by atoms with Gasteiger partial charge in [-0.2, -0.15) is 0 Å². The quantitative estimate of drug-likeness (QED) is 0.806. The zero-order valence-corrected chi connectivity index (χ0v) is 9.18. The van der Waals surface area contributed by atoms with Crippen LogP contribution in [0.4, 0.5) is 16.2 Å². The Morgan fingerprint density at radius 3 is 2.24 bits per heavy atom. The molecular formula is C14H12N2O. The van der Waals surface area contributed by atoms with E-state index < -0.39 is 0 Å². The molecule has 0 heterocycles. The predicted molar refractivity (Wildman–Crippen MR) is 68.9 cm³/mol. The van der Waals surface area contributed by atoms with Gasteiger partial charge < -0.3 is 10.6 Å². The maximum atomic E-state index is 11.6. The topological polar surface area (TPSA) is 41.1 Å². The number of para-hydroxylation sites is 1. The van der Waals surface area contributed by atoms with Gasteiger partial charge in [-0.15, -0.1) is 0 Å². The Bertz CT molecular complexity index is 509. The molecule has 2 aromatic carbocycles. The van der Waals surface area contributed by atoms with Gasteiger partial charge in [0.15, 0.2) is 0 Å². The van der Waals surface area contributed by atoms with Crippen molar-refractivity contribution in [1.29, 1.82) is 0 Å². The minimum Gasteiger partial charge on any atom is -0.308 e. The molecule has 2 amide bonds. The van der Waals surface area contributed by atoms with E-state index >= 15 is 0 Å². The molecule has 0 aliphatic heterocycles. The van der Waals surface area contributed by atoms with E-state index in [0.29, 0.717) is 11.3 Å². The maximum absolute atomic E-state index is 11.6. The molecule has 2 aromatic rings. The molecule has 0 fully saturated rings. The lowest BCUT2D eigenvalue weighted by atomic mass is 10.2. The number of rotatable bonds is 2. The second-order valence-electron chi connectivity index (χ2n) is 3.57. The van der Waals surface area contributed by atoms with E-state index in [1.807, 2.05) is 30.3 Å². The largest absolute Gasteiger partial charge is 0.323 e. The van der Waals surface area contributed by atoms with Crippen LogP contribution in [0.1, 0.15) is 5.56 Å². The summed E-state index contributed by atoms with van der Waals surface area (Å²) in [4.78, 5) is 11.6. The molecule has 2 N–H and O–H groups in total. The Balaban J connectivity index is 1.98. The summed E-state index contributed by atoms with van der Waals surface area (Å²) >= 11 is 0. The summed E-state index contributed by atoms with van der Waals surface area (Å²) in [5, 5.41) is 5.42. The van der Waals surface area contributed by atoms with Crippen molar-refractivity contribution < 1.29 is 4.79 Å². The van der Waals surface area contributed by atoms with Crippen molar-refractivity contribution >= 4 is 17.4 Å². The van der Waals surface area contributed by atoms with Crippen molar-refractivity contribution in [2.45, 2.75) is 0 Å². The third-order valence-electron chi connectivity index (χ3n) is 2.18. The molecule has 0 aliphatic carbocycles. The van der Waals surface area contributed by atoms with Gasteiger partial charge in [-0.1, -0.05) is 30.3 Å². The Hall–Kier alpha value is -2.29. The fourth-order valence-electron chi connectivity index (χ4n) is 1.43. The van der Waals surface area contributed by atoms with Crippen LogP contribution in [-0.4, -0.2) is 6.03 Å². The molecule has 17 heavy (non-hydrogen) atoms. The highest BCUT2D eigenvalue weighted by atomic mass is 16.2. The van der Waals surface area contributed by atoms with E-state index in [2.05, 4.69) is 10.6 Å². The second kappa shape index (κ2) is 5.16. The highest BCUT2D eigenvalue weighted by Crippen LogP contribution is 2.11. The van der Waals surface area contributed by atoms with Gasteiger partial charge in [-0.25, -0.2) is 4.79 Å². The summed E-state index contributed by atoms with van der Waals surface area (Å²) in [5.74, 6) is 0. The minimum absolute atomic E-state index is 0.290. The number of carbonyl (C=O) groups is 1. The van der Waals surface area contributed by atoms with Crippen molar-refractivity contribution in [3.05, 3.63) is 67.1 Å². The summed E-state index contributed by atoms with van der Waals surface area (Å²) in [6.45, 7) is 5.62. The Morgan fingerprint density at radius 2 is 1.53 bits per heavy atom. The first kappa shape index (κ1) is 11.2. The summed E-state index contributed by atoms with van der Waals surface area (Å²) < 4.78 is 0. The van der Waals surface area contributed by atoms with Gasteiger partial charge in [-0.3, -0.25) is 0 Å². The lowest BCUT2D eigenvalue weighted by Crippen LogP contribution is -2.19. The number of anilines is 2. The summed E-state index contributed by atoms with van der Waals surface area (Å²) in [7, 11) is 0. The van der Waals surface area contributed by atoms with Crippen LogP contribution < -0.4 is 10.6 Å². The van der Waals surface area contributed by atoms with E-state index in [0.717, 1.165) is 5.69 Å². The molecule has 0 saturated carbocycles. The standard InChI is InChI=1S/C14H12N2O/c1-11-6-5-9-13(10-11)16-14(17)15-12-7-3-2-4-8-12/h1-10H,(H2,15,16,17). The molecule has 0 aliphatic rings. The first-order valence-electron chi connectivity index (χ1n) is 5.22. The van der Waals surface area contributed by atoms with Gasteiger partial charge in [0.1, 0.15) is 0 Å². The monoisotopic (exact) mass is 224 g/mol. The molecule has 0 atom stereocenters. The van der Waals surface area contributed by atoms with Gasteiger partial charge in [0, 0.05) is 11.4 Å². The Kier molecular flexibility index (Phi) is 3.40. The van der Waals surface area contributed by atoms with Crippen molar-refractivity contribution in [2.75, 3.05) is 10.6 Å². The smallest absolute Gasteiger partial charge is 0.308 e. The van der Waals surface area contributed by atoms with Crippen molar-refractivity contribution in [2.24, 2.45) is 0 Å². The number of hydrogen-bond acceptors (Lipinski definition) is 1. The van der Waals surface area contributed by atoms with Crippen LogP contribution in [0, 0.1) is 6.92 Å². The number of nitrogens with one attached hydrogen (secondary N) is 2. The Morgan fingerprint density at radius 1 is 0.882 bits per heavy atom. The van der Waals surface area contributed by atoms with Crippen molar-refractivity contribution in [1.82, 2.24) is 0 Å². The molecule has 0 spiro atoms. The van der Waals surface area contributed by atoms with Gasteiger partial charge in [0.2, 0.25) is 0 Å². The zero-order chi connectivity index (χ0) is 12.1. The third kappa shape index (κ3) is 3.34. The van der Waals surface area contributed by atoms with Gasteiger partial charge in [0.05, 0.1) is 0 Å². The van der Waals surface area contributed by atoms with Crippen LogP contribution in [0.2, 0.25) is 0 Å². The van der Waals surface area contributed by atoms with Crippen molar-refractivity contribution in [3.63, 3.8) is 0 Å². The molecule has 0 aromatic heterocycles. The van der Waals surface area contributed by atoms with Gasteiger partial charge in [-0.05, 0) is 36.8 Å². The fourth-order valence-corrected chi connectivity index (χ4v) is 1.43. The first-order valence-corrected chi connectivity index (χ1v) is 5.22. The predicted octanol–water partition coefficient (Wildman–Crippen LogP) is 3.39. The molecule has 0 saturated heterocycles. The van der Waals surface area contributed by atoms with E-state index in [9.17, 15) is 4.79 Å². The number of hydrogen-bond donors (Lipinski definition) is 2. The fraction of sp³-hybridized carbons (Fsp3) is 0.